The molecule has 2 fully saturated rings. The van der Waals surface area contributed by atoms with Crippen LogP contribution in [-0.2, 0) is 9.47 Å². The first-order chi connectivity index (χ1) is 12.2. The fourth-order valence-electron chi connectivity index (χ4n) is 3.23. The third-order valence-electron chi connectivity index (χ3n) is 4.70. The summed E-state index contributed by atoms with van der Waals surface area (Å²) < 4.78 is 10.3. The number of anilines is 1. The fraction of sp³-hybridized carbons (Fsp3) is 0.556. The van der Waals surface area contributed by atoms with Crippen molar-refractivity contribution in [3.8, 4) is 0 Å². The Hall–Kier alpha value is -2.28. The molecule has 1 unspecified atom stereocenters. The quantitative estimate of drug-likeness (QED) is 0.836. The molecule has 1 aromatic carbocycles. The average molecular weight is 347 g/mol. The van der Waals surface area contributed by atoms with E-state index in [4.69, 9.17) is 9.47 Å². The van der Waals surface area contributed by atoms with Crippen molar-refractivity contribution in [2.75, 3.05) is 51.3 Å². The van der Waals surface area contributed by atoms with E-state index < -0.39 is 0 Å². The summed E-state index contributed by atoms with van der Waals surface area (Å²) >= 11 is 0. The summed E-state index contributed by atoms with van der Waals surface area (Å²) in [5, 5.41) is 2.96. The molecule has 2 amide bonds. The minimum atomic E-state index is -0.339. The van der Waals surface area contributed by atoms with Crippen molar-refractivity contribution in [1.29, 1.82) is 0 Å². The molecule has 0 bridgehead atoms. The van der Waals surface area contributed by atoms with Gasteiger partial charge in [-0.1, -0.05) is 6.07 Å². The van der Waals surface area contributed by atoms with Crippen molar-refractivity contribution in [2.45, 2.75) is 18.9 Å². The maximum absolute atomic E-state index is 12.3. The second-order valence-electron chi connectivity index (χ2n) is 6.34. The van der Waals surface area contributed by atoms with Crippen molar-refractivity contribution in [3.05, 3.63) is 29.8 Å². The number of rotatable bonds is 4. The van der Waals surface area contributed by atoms with E-state index in [1.807, 2.05) is 23.1 Å². The number of carbonyl (C=O) groups is 2. The summed E-state index contributed by atoms with van der Waals surface area (Å²) in [6.07, 6.45) is 2.25. The van der Waals surface area contributed by atoms with Crippen LogP contribution < -0.4 is 10.2 Å². The van der Waals surface area contributed by atoms with Crippen molar-refractivity contribution < 1.29 is 19.1 Å². The van der Waals surface area contributed by atoms with Gasteiger partial charge in [0.1, 0.15) is 0 Å². The van der Waals surface area contributed by atoms with E-state index in [1.165, 1.54) is 7.11 Å². The largest absolute Gasteiger partial charge is 0.465 e. The second kappa shape index (κ2) is 8.20. The fourth-order valence-corrected chi connectivity index (χ4v) is 3.23. The first-order valence-electron chi connectivity index (χ1n) is 8.75. The lowest BCUT2D eigenvalue weighted by molar-refractivity contribution is 0.0600. The number of amides is 2. The molecule has 2 aliphatic heterocycles. The van der Waals surface area contributed by atoms with Crippen molar-refractivity contribution in [2.24, 2.45) is 0 Å². The van der Waals surface area contributed by atoms with Gasteiger partial charge in [0.25, 0.3) is 0 Å². The van der Waals surface area contributed by atoms with Gasteiger partial charge < -0.3 is 24.6 Å². The molecule has 0 aliphatic carbocycles. The molecule has 7 heteroatoms. The van der Waals surface area contributed by atoms with Crippen LogP contribution in [0, 0.1) is 0 Å². The van der Waals surface area contributed by atoms with Crippen molar-refractivity contribution in [3.63, 3.8) is 0 Å². The molecule has 0 saturated carbocycles. The molecule has 1 aromatic rings. The number of nitrogens with one attached hydrogen (secondary N) is 1. The lowest BCUT2D eigenvalue weighted by Crippen LogP contribution is -2.52. The number of benzene rings is 1. The maximum Gasteiger partial charge on any atom is 0.337 e. The number of esters is 1. The van der Waals surface area contributed by atoms with E-state index >= 15 is 0 Å². The summed E-state index contributed by atoms with van der Waals surface area (Å²) in [5.74, 6) is -0.339. The highest BCUT2D eigenvalue weighted by atomic mass is 16.5. The zero-order chi connectivity index (χ0) is 17.6. The van der Waals surface area contributed by atoms with E-state index in [-0.39, 0.29) is 18.1 Å². The molecule has 0 aromatic heterocycles. The summed E-state index contributed by atoms with van der Waals surface area (Å²) in [4.78, 5) is 27.9. The predicted molar refractivity (Wildman–Crippen MR) is 93.9 cm³/mol. The number of urea groups is 1. The Balaban J connectivity index is 1.49. The number of carbonyl (C=O) groups excluding carboxylic acids is 2. The number of piperazine rings is 1. The van der Waals surface area contributed by atoms with Gasteiger partial charge in [-0.05, 0) is 31.0 Å². The van der Waals surface area contributed by atoms with Crippen LogP contribution in [0.5, 0.6) is 0 Å². The molecule has 0 spiro atoms. The van der Waals surface area contributed by atoms with Crippen LogP contribution in [0.25, 0.3) is 0 Å². The van der Waals surface area contributed by atoms with Gasteiger partial charge in [0.2, 0.25) is 0 Å². The highest BCUT2D eigenvalue weighted by molar-refractivity contribution is 5.90. The van der Waals surface area contributed by atoms with Gasteiger partial charge in [-0.2, -0.15) is 0 Å². The Labute approximate surface area is 147 Å². The zero-order valence-corrected chi connectivity index (χ0v) is 14.6. The van der Waals surface area contributed by atoms with Gasteiger partial charge in [0.15, 0.2) is 0 Å². The highest BCUT2D eigenvalue weighted by Crippen LogP contribution is 2.19. The van der Waals surface area contributed by atoms with E-state index in [0.29, 0.717) is 25.2 Å². The van der Waals surface area contributed by atoms with Gasteiger partial charge in [0, 0.05) is 45.0 Å². The first-order valence-corrected chi connectivity index (χ1v) is 8.75. The first kappa shape index (κ1) is 17.5. The molecule has 136 valence electrons. The minimum absolute atomic E-state index is 0.0292. The van der Waals surface area contributed by atoms with Gasteiger partial charge in [-0.25, -0.2) is 9.59 Å². The molecular formula is C18H25N3O4. The summed E-state index contributed by atoms with van der Waals surface area (Å²) in [7, 11) is 1.38. The summed E-state index contributed by atoms with van der Waals surface area (Å²) in [5.41, 5.74) is 1.51. The van der Waals surface area contributed by atoms with Crippen LogP contribution in [0.15, 0.2) is 24.3 Å². The molecule has 1 N–H and O–H groups in total. The molecule has 3 rings (SSSR count). The second-order valence-corrected chi connectivity index (χ2v) is 6.34. The summed E-state index contributed by atoms with van der Waals surface area (Å²) in [6.45, 7) is 4.15. The maximum atomic E-state index is 12.3. The number of hydrogen-bond acceptors (Lipinski definition) is 5. The topological polar surface area (TPSA) is 71.1 Å². The molecule has 2 aliphatic rings. The third kappa shape index (κ3) is 4.42. The molecule has 2 saturated heterocycles. The number of nitrogens with zero attached hydrogens (tertiary/aromatic N) is 2. The Bertz CT molecular complexity index is 608. The normalized spacial score (nSPS) is 20.4. The van der Waals surface area contributed by atoms with Crippen molar-refractivity contribution >= 4 is 17.7 Å². The van der Waals surface area contributed by atoms with E-state index in [2.05, 4.69) is 10.2 Å². The lowest BCUT2D eigenvalue weighted by atomic mass is 10.1. The van der Waals surface area contributed by atoms with Crippen LogP contribution in [0.2, 0.25) is 0 Å². The molecular weight excluding hydrogens is 322 g/mol. The SMILES string of the molecule is COC(=O)c1cccc(N2CCN(C(=O)NCC3CCCO3)CC2)c1. The van der Waals surface area contributed by atoms with Crippen LogP contribution >= 0.6 is 0 Å². The molecule has 0 radical (unpaired) electrons. The number of ether oxygens (including phenoxy) is 2. The van der Waals surface area contributed by atoms with E-state index in [0.717, 1.165) is 38.2 Å². The Kier molecular flexibility index (Phi) is 5.75. The smallest absolute Gasteiger partial charge is 0.337 e. The van der Waals surface area contributed by atoms with Crippen molar-refractivity contribution in [1.82, 2.24) is 10.2 Å². The van der Waals surface area contributed by atoms with Crippen LogP contribution in [0.3, 0.4) is 0 Å². The highest BCUT2D eigenvalue weighted by Gasteiger charge is 2.23. The van der Waals surface area contributed by atoms with Gasteiger partial charge in [-0.3, -0.25) is 0 Å². The van der Waals surface area contributed by atoms with Gasteiger partial charge in [0.05, 0.1) is 18.8 Å². The van der Waals surface area contributed by atoms with Gasteiger partial charge in [-0.15, -0.1) is 0 Å². The van der Waals surface area contributed by atoms with Crippen LogP contribution in [-0.4, -0.2) is 69.4 Å². The molecule has 1 atom stereocenters. The standard InChI is InChI=1S/C18H25N3O4/c1-24-17(22)14-4-2-5-15(12-14)20-7-9-21(10-8-20)18(23)19-13-16-6-3-11-25-16/h2,4-5,12,16H,3,6-11,13H2,1H3,(H,19,23). The third-order valence-corrected chi connectivity index (χ3v) is 4.70. The Morgan fingerprint density at radius 1 is 1.28 bits per heavy atom. The molecule has 25 heavy (non-hydrogen) atoms. The van der Waals surface area contributed by atoms with E-state index in [9.17, 15) is 9.59 Å². The molecule has 2 heterocycles. The Morgan fingerprint density at radius 2 is 2.08 bits per heavy atom. The van der Waals surface area contributed by atoms with Gasteiger partial charge >= 0.3 is 12.0 Å². The van der Waals surface area contributed by atoms with E-state index in [1.54, 1.807) is 6.07 Å². The zero-order valence-electron chi connectivity index (χ0n) is 14.6. The summed E-state index contributed by atoms with van der Waals surface area (Å²) in [6, 6.07) is 7.36. The monoisotopic (exact) mass is 347 g/mol. The molecule has 7 nitrogen and oxygen atoms in total. The number of hydrogen-bond donors (Lipinski definition) is 1. The minimum Gasteiger partial charge on any atom is -0.465 e. The lowest BCUT2D eigenvalue weighted by Gasteiger charge is -2.36. The average Bonchev–Trinajstić information content (AvgIpc) is 3.19. The van der Waals surface area contributed by atoms with Crippen LogP contribution in [0.4, 0.5) is 10.5 Å². The number of methoxy groups -OCH3 is 1. The van der Waals surface area contributed by atoms with Crippen LogP contribution in [0.1, 0.15) is 23.2 Å². The predicted octanol–water partition coefficient (Wildman–Crippen LogP) is 1.48. The Morgan fingerprint density at radius 3 is 2.76 bits per heavy atom.